The number of carbonyl (C=O) groups excluding carboxylic acids is 3. The molecule has 0 fully saturated rings. The zero-order valence-electron chi connectivity index (χ0n) is 8.12. The van der Waals surface area contributed by atoms with Crippen molar-refractivity contribution in [2.75, 3.05) is 0 Å². The van der Waals surface area contributed by atoms with E-state index in [0.717, 1.165) is 0 Å². The van der Waals surface area contributed by atoms with Gasteiger partial charge in [-0.25, -0.2) is 0 Å². The molecule has 1 rings (SSSR count). The molecule has 4 heteroatoms. The summed E-state index contributed by atoms with van der Waals surface area (Å²) >= 11 is 1.74. The van der Waals surface area contributed by atoms with Gasteiger partial charge in [0.2, 0.25) is 0 Å². The van der Waals surface area contributed by atoms with E-state index in [1.807, 2.05) is 6.08 Å². The van der Waals surface area contributed by atoms with Gasteiger partial charge < -0.3 is 0 Å². The molecule has 0 saturated heterocycles. The Hall–Kier alpha value is -1.11. The van der Waals surface area contributed by atoms with Gasteiger partial charge >= 0.3 is 66.5 Å². The average Bonchev–Trinajstić information content (AvgIpc) is 2.68. The summed E-state index contributed by atoms with van der Waals surface area (Å²) in [6.07, 6.45) is 8.54. The topological polar surface area (TPSA) is 51.2 Å². The van der Waals surface area contributed by atoms with E-state index >= 15 is 0 Å². The molecule has 0 aromatic heterocycles. The first-order chi connectivity index (χ1) is 7.16. The molecule has 0 aromatic carbocycles. The van der Waals surface area contributed by atoms with Gasteiger partial charge in [0.25, 0.3) is 20.4 Å². The maximum absolute atomic E-state index is 7.50. The Labute approximate surface area is 101 Å². The Bertz CT molecular complexity index is 231. The summed E-state index contributed by atoms with van der Waals surface area (Å²) in [6.45, 7) is 19.4. The third kappa shape index (κ3) is 9.20. The van der Waals surface area contributed by atoms with Gasteiger partial charge in [0.1, 0.15) is 0 Å². The summed E-state index contributed by atoms with van der Waals surface area (Å²) in [5.74, 6) is 0. The molecule has 0 heterocycles. The molecular weight excluding hydrogens is 366 g/mol. The summed E-state index contributed by atoms with van der Waals surface area (Å²) in [5.41, 5.74) is 1.34. The third-order valence-corrected chi connectivity index (χ3v) is 2.76. The largest absolute Gasteiger partial charge is 0.281 e. The summed E-state index contributed by atoms with van der Waals surface area (Å²) in [7, 11) is 0. The van der Waals surface area contributed by atoms with E-state index in [-0.39, 0.29) is 3.89 Å². The van der Waals surface area contributed by atoms with Crippen LogP contribution in [0.25, 0.3) is 0 Å². The van der Waals surface area contributed by atoms with Crippen LogP contribution in [0, 0.1) is 0 Å². The molecule has 3 nitrogen and oxygen atoms in total. The smallest absolute Gasteiger partial charge is 0.281 e. The monoisotopic (exact) mass is 376 g/mol. The van der Waals surface area contributed by atoms with Crippen LogP contribution in [0.1, 0.15) is 6.92 Å². The minimum Gasteiger partial charge on any atom is -0.281 e. The molecule has 1 atom stereocenters. The van der Waals surface area contributed by atoms with Gasteiger partial charge in [-0.15, -0.1) is 0 Å². The molecule has 1 aliphatic carbocycles. The van der Waals surface area contributed by atoms with Gasteiger partial charge in [0, 0.05) is 0 Å². The predicted octanol–water partition coefficient (Wildman–Crippen LogP) is 1.20. The van der Waals surface area contributed by atoms with E-state index in [9.17, 15) is 0 Å². The van der Waals surface area contributed by atoms with E-state index < -0.39 is 0 Å². The SMILES string of the molecule is C=C[C]1([Re])C=CC(C)=C1.[C]=O.[C]=O.[C]=O. The van der Waals surface area contributed by atoms with Gasteiger partial charge in [0.15, 0.2) is 0 Å². The zero-order valence-corrected chi connectivity index (χ0v) is 10.8. The van der Waals surface area contributed by atoms with Crippen LogP contribution in [-0.4, -0.2) is 20.4 Å². The number of hydrogen-bond donors (Lipinski definition) is 0. The van der Waals surface area contributed by atoms with Gasteiger partial charge in [0.05, 0.1) is 0 Å². The molecule has 0 saturated carbocycles. The Kier molecular flexibility index (Phi) is 16.7. The van der Waals surface area contributed by atoms with Crippen LogP contribution >= 0.6 is 0 Å². The van der Waals surface area contributed by atoms with Gasteiger partial charge in [-0.1, -0.05) is 0 Å². The molecule has 0 aliphatic heterocycles. The van der Waals surface area contributed by atoms with E-state index in [2.05, 4.69) is 52.1 Å². The van der Waals surface area contributed by atoms with Crippen molar-refractivity contribution in [3.8, 4) is 0 Å². The van der Waals surface area contributed by atoms with E-state index in [1.165, 1.54) is 5.57 Å². The van der Waals surface area contributed by atoms with Crippen molar-refractivity contribution in [3.05, 3.63) is 36.5 Å². The van der Waals surface area contributed by atoms with E-state index in [1.54, 1.807) is 19.2 Å². The standard InChI is InChI=1S/C8H9.3CO.Re/c1-3-8-5-4-7(2)6-8;3*1-2;/h3-6H,1H2,2H3;;;;. The minimum atomic E-state index is 0.185. The first kappa shape index (κ1) is 19.5. The second kappa shape index (κ2) is 12.9. The molecule has 1 unspecified atom stereocenters. The van der Waals surface area contributed by atoms with Gasteiger partial charge in [-0.2, -0.15) is 0 Å². The predicted molar refractivity (Wildman–Crippen MR) is 52.9 cm³/mol. The van der Waals surface area contributed by atoms with Crippen LogP contribution in [-0.2, 0) is 33.6 Å². The van der Waals surface area contributed by atoms with Crippen LogP contribution in [0.3, 0.4) is 0 Å². The summed E-state index contributed by atoms with van der Waals surface area (Å²) < 4.78 is 0.185. The molecule has 0 aromatic rings. The van der Waals surface area contributed by atoms with Crippen molar-refractivity contribution in [2.45, 2.75) is 10.8 Å². The van der Waals surface area contributed by atoms with Crippen LogP contribution in [0.2, 0.25) is 3.89 Å². The van der Waals surface area contributed by atoms with Crippen molar-refractivity contribution >= 4 is 20.4 Å². The van der Waals surface area contributed by atoms with Gasteiger partial charge in [-0.3, -0.25) is 14.4 Å². The Morgan fingerprint density at radius 1 is 1.27 bits per heavy atom. The van der Waals surface area contributed by atoms with Crippen molar-refractivity contribution in [2.24, 2.45) is 0 Å². The van der Waals surface area contributed by atoms with Crippen molar-refractivity contribution < 1.29 is 33.6 Å². The van der Waals surface area contributed by atoms with E-state index in [4.69, 9.17) is 14.4 Å². The van der Waals surface area contributed by atoms with E-state index in [0.29, 0.717) is 0 Å². The minimum absolute atomic E-state index is 0.185. The summed E-state index contributed by atoms with van der Waals surface area (Å²) in [5, 5.41) is 0. The molecule has 0 spiro atoms. The fourth-order valence-electron chi connectivity index (χ4n) is 0.831. The van der Waals surface area contributed by atoms with Gasteiger partial charge in [-0.05, 0) is 0 Å². The van der Waals surface area contributed by atoms with Crippen LogP contribution in [0.15, 0.2) is 36.5 Å². The van der Waals surface area contributed by atoms with Crippen molar-refractivity contribution in [1.82, 2.24) is 0 Å². The average molecular weight is 375 g/mol. The second-order valence-electron chi connectivity index (χ2n) is 2.25. The quantitative estimate of drug-likeness (QED) is 0.648. The van der Waals surface area contributed by atoms with Crippen LogP contribution < -0.4 is 0 Å². The molecule has 0 bridgehead atoms. The first-order valence-corrected chi connectivity index (χ1v) is 4.84. The van der Waals surface area contributed by atoms with Crippen LogP contribution in [0.5, 0.6) is 0 Å². The molecule has 6 radical (unpaired) electrons. The zero-order chi connectivity index (χ0) is 12.9. The molecule has 0 N–H and O–H groups in total. The molecule has 0 amide bonds. The first-order valence-electron chi connectivity index (χ1n) is 3.49. The Balaban J connectivity index is -0.000000208. The van der Waals surface area contributed by atoms with Crippen molar-refractivity contribution in [3.63, 3.8) is 0 Å². The fourth-order valence-corrected chi connectivity index (χ4v) is 1.68. The maximum Gasteiger partial charge on any atom is 0.281 e. The van der Waals surface area contributed by atoms with Crippen LogP contribution in [0.4, 0.5) is 0 Å². The van der Waals surface area contributed by atoms with Crippen molar-refractivity contribution in [1.29, 1.82) is 0 Å². The molecular formula is C11H9O3Re. The fraction of sp³-hybridized carbons (Fsp3) is 0.182. The number of rotatable bonds is 1. The summed E-state index contributed by atoms with van der Waals surface area (Å²) in [4.78, 5) is 22.5. The molecule has 1 aliphatic rings. The second-order valence-corrected chi connectivity index (χ2v) is 4.61. The Morgan fingerprint density at radius 3 is 1.80 bits per heavy atom. The number of allylic oxidation sites excluding steroid dienone is 5. The Morgan fingerprint density at radius 2 is 1.67 bits per heavy atom. The molecule has 15 heavy (non-hydrogen) atoms. The molecule has 78 valence electrons. The normalized spacial score (nSPS) is 20.3. The third-order valence-electron chi connectivity index (χ3n) is 1.36. The summed E-state index contributed by atoms with van der Waals surface area (Å²) in [6, 6.07) is 0. The maximum atomic E-state index is 7.50. The number of hydrogen-bond acceptors (Lipinski definition) is 3.